The Bertz CT molecular complexity index is 607. The van der Waals surface area contributed by atoms with Gasteiger partial charge in [0.2, 0.25) is 5.78 Å². The fourth-order valence-corrected chi connectivity index (χ4v) is 1.80. The summed E-state index contributed by atoms with van der Waals surface area (Å²) < 4.78 is 5.13. The van der Waals surface area contributed by atoms with Crippen molar-refractivity contribution in [2.75, 3.05) is 6.61 Å². The number of halogens is 1. The second-order valence-electron chi connectivity index (χ2n) is 3.80. The Kier molecular flexibility index (Phi) is 5.53. The third kappa shape index (κ3) is 3.48. The van der Waals surface area contributed by atoms with Crippen LogP contribution in [0.15, 0.2) is 16.6 Å². The van der Waals surface area contributed by atoms with Crippen LogP contribution >= 0.6 is 15.9 Å². The first-order valence-corrected chi connectivity index (χ1v) is 6.49. The zero-order chi connectivity index (χ0) is 15.3. The molecule has 0 aliphatic heterocycles. The van der Waals surface area contributed by atoms with Gasteiger partial charge in [-0.3, -0.25) is 14.4 Å². The smallest absolute Gasteiger partial charge is 0.324 e. The fourth-order valence-electron chi connectivity index (χ4n) is 1.49. The van der Waals surface area contributed by atoms with E-state index >= 15 is 0 Å². The third-order valence-corrected chi connectivity index (χ3v) is 3.04. The summed E-state index contributed by atoms with van der Waals surface area (Å²) in [6.45, 7) is 2.77. The molecule has 7 heteroatoms. The average Bonchev–Trinajstić information content (AvgIpc) is 2.39. The molecule has 1 atom stereocenters. The van der Waals surface area contributed by atoms with Crippen molar-refractivity contribution >= 4 is 33.5 Å². The number of aromatic nitrogens is 1. The summed E-state index contributed by atoms with van der Waals surface area (Å²) in [5, 5.41) is 8.85. The van der Waals surface area contributed by atoms with E-state index in [9.17, 15) is 14.4 Å². The molecule has 0 N–H and O–H groups in total. The zero-order valence-corrected chi connectivity index (χ0v) is 12.4. The number of carbonyl (C=O) groups is 3. The van der Waals surface area contributed by atoms with Gasteiger partial charge < -0.3 is 4.74 Å². The first-order valence-electron chi connectivity index (χ1n) is 5.70. The Morgan fingerprint density at radius 2 is 2.10 bits per heavy atom. The van der Waals surface area contributed by atoms with Crippen molar-refractivity contribution in [3.05, 3.63) is 28.0 Å². The highest BCUT2D eigenvalue weighted by Gasteiger charge is 2.34. The second kappa shape index (κ2) is 6.91. The number of nitriles is 1. The van der Waals surface area contributed by atoms with Crippen molar-refractivity contribution in [1.82, 2.24) is 4.98 Å². The SMILES string of the molecule is CCOC(=O)C(C(C)=O)C(=O)c1ccc(Br)c(C#N)n1. The zero-order valence-electron chi connectivity index (χ0n) is 10.8. The summed E-state index contributed by atoms with van der Waals surface area (Å²) in [5.74, 6) is -3.86. The highest BCUT2D eigenvalue weighted by molar-refractivity contribution is 9.10. The fraction of sp³-hybridized carbons (Fsp3) is 0.308. The molecule has 1 rings (SSSR count). The van der Waals surface area contributed by atoms with Crippen molar-refractivity contribution in [2.45, 2.75) is 13.8 Å². The molecule has 104 valence electrons. The minimum absolute atomic E-state index is 0.00186. The number of esters is 1. The number of rotatable bonds is 5. The third-order valence-electron chi connectivity index (χ3n) is 2.40. The predicted octanol–water partition coefficient (Wildman–Crippen LogP) is 1.67. The average molecular weight is 339 g/mol. The molecule has 0 aliphatic carbocycles. The van der Waals surface area contributed by atoms with E-state index in [-0.39, 0.29) is 18.0 Å². The number of pyridine rings is 1. The molecule has 0 fully saturated rings. The van der Waals surface area contributed by atoms with Gasteiger partial charge in [0, 0.05) is 0 Å². The number of hydrogen-bond donors (Lipinski definition) is 0. The molecule has 0 radical (unpaired) electrons. The minimum Gasteiger partial charge on any atom is -0.465 e. The largest absolute Gasteiger partial charge is 0.465 e. The highest BCUT2D eigenvalue weighted by atomic mass is 79.9. The van der Waals surface area contributed by atoms with Crippen LogP contribution in [0.5, 0.6) is 0 Å². The summed E-state index contributed by atoms with van der Waals surface area (Å²) in [7, 11) is 0. The summed E-state index contributed by atoms with van der Waals surface area (Å²) in [5.41, 5.74) is -0.125. The number of ether oxygens (including phenoxy) is 1. The molecule has 20 heavy (non-hydrogen) atoms. The molecule has 0 spiro atoms. The van der Waals surface area contributed by atoms with Gasteiger partial charge in [0.1, 0.15) is 11.8 Å². The Morgan fingerprint density at radius 3 is 2.60 bits per heavy atom. The van der Waals surface area contributed by atoms with Gasteiger partial charge in [-0.2, -0.15) is 5.26 Å². The van der Waals surface area contributed by atoms with E-state index in [2.05, 4.69) is 20.9 Å². The summed E-state index contributed by atoms with van der Waals surface area (Å²) >= 11 is 3.10. The van der Waals surface area contributed by atoms with Gasteiger partial charge in [-0.1, -0.05) is 0 Å². The maximum absolute atomic E-state index is 12.2. The van der Waals surface area contributed by atoms with Crippen molar-refractivity contribution in [2.24, 2.45) is 5.92 Å². The monoisotopic (exact) mass is 338 g/mol. The highest BCUT2D eigenvalue weighted by Crippen LogP contribution is 2.17. The number of carbonyl (C=O) groups excluding carboxylic acids is 3. The maximum Gasteiger partial charge on any atom is 0.324 e. The molecular weight excluding hydrogens is 328 g/mol. The quantitative estimate of drug-likeness (QED) is 0.460. The molecule has 0 saturated carbocycles. The van der Waals surface area contributed by atoms with E-state index in [4.69, 9.17) is 10.00 Å². The molecule has 0 saturated heterocycles. The number of Topliss-reactive ketones (excluding diaryl/α,β-unsaturated/α-hetero) is 2. The van der Waals surface area contributed by atoms with Crippen LogP contribution in [0.1, 0.15) is 30.0 Å². The van der Waals surface area contributed by atoms with Crippen molar-refractivity contribution < 1.29 is 19.1 Å². The van der Waals surface area contributed by atoms with Crippen LogP contribution in [0.25, 0.3) is 0 Å². The van der Waals surface area contributed by atoms with Gasteiger partial charge in [0.15, 0.2) is 17.4 Å². The molecule has 0 amide bonds. The molecule has 1 unspecified atom stereocenters. The predicted molar refractivity (Wildman–Crippen MR) is 71.8 cm³/mol. The molecule has 1 aromatic heterocycles. The van der Waals surface area contributed by atoms with Crippen LogP contribution in [0, 0.1) is 17.2 Å². The van der Waals surface area contributed by atoms with Gasteiger partial charge in [0.05, 0.1) is 11.1 Å². The van der Waals surface area contributed by atoms with E-state index in [1.54, 1.807) is 13.0 Å². The Balaban J connectivity index is 3.17. The van der Waals surface area contributed by atoms with E-state index < -0.39 is 23.5 Å². The lowest BCUT2D eigenvalue weighted by Crippen LogP contribution is -2.32. The van der Waals surface area contributed by atoms with Crippen molar-refractivity contribution in [3.8, 4) is 6.07 Å². The van der Waals surface area contributed by atoms with Crippen LogP contribution in [-0.4, -0.2) is 29.1 Å². The van der Waals surface area contributed by atoms with Gasteiger partial charge >= 0.3 is 5.97 Å². The van der Waals surface area contributed by atoms with Crippen molar-refractivity contribution in [1.29, 1.82) is 5.26 Å². The van der Waals surface area contributed by atoms with Crippen LogP contribution in [0.3, 0.4) is 0 Å². The number of nitrogens with zero attached hydrogens (tertiary/aromatic N) is 2. The normalized spacial score (nSPS) is 11.3. The molecule has 0 aliphatic rings. The first-order chi connectivity index (χ1) is 9.42. The Morgan fingerprint density at radius 1 is 1.45 bits per heavy atom. The molecular formula is C13H11BrN2O4. The van der Waals surface area contributed by atoms with Gasteiger partial charge in [-0.05, 0) is 41.9 Å². The van der Waals surface area contributed by atoms with Crippen LogP contribution in [0.2, 0.25) is 0 Å². The standard InChI is InChI=1S/C13H11BrN2O4/c1-3-20-13(19)11(7(2)17)12(18)9-5-4-8(14)10(6-15)16-9/h4-5,11H,3H2,1-2H3. The van der Waals surface area contributed by atoms with Crippen LogP contribution in [0.4, 0.5) is 0 Å². The van der Waals surface area contributed by atoms with Gasteiger partial charge in [-0.25, -0.2) is 4.98 Å². The lowest BCUT2D eigenvalue weighted by molar-refractivity contribution is -0.148. The molecule has 1 heterocycles. The molecule has 0 aromatic carbocycles. The summed E-state index contributed by atoms with van der Waals surface area (Å²) in [6, 6.07) is 4.60. The van der Waals surface area contributed by atoms with E-state index in [1.807, 2.05) is 0 Å². The second-order valence-corrected chi connectivity index (χ2v) is 4.65. The maximum atomic E-state index is 12.2. The molecule has 6 nitrogen and oxygen atoms in total. The topological polar surface area (TPSA) is 97.1 Å². The van der Waals surface area contributed by atoms with E-state index in [1.165, 1.54) is 12.1 Å². The van der Waals surface area contributed by atoms with Crippen LogP contribution in [-0.2, 0) is 14.3 Å². The van der Waals surface area contributed by atoms with E-state index in [0.29, 0.717) is 4.47 Å². The summed E-state index contributed by atoms with van der Waals surface area (Å²) in [4.78, 5) is 39.1. The van der Waals surface area contributed by atoms with Gasteiger partial charge in [-0.15, -0.1) is 0 Å². The Hall–Kier alpha value is -2.07. The molecule has 0 bridgehead atoms. The van der Waals surface area contributed by atoms with Crippen LogP contribution < -0.4 is 0 Å². The number of hydrogen-bond acceptors (Lipinski definition) is 6. The summed E-state index contributed by atoms with van der Waals surface area (Å²) in [6.07, 6.45) is 0. The van der Waals surface area contributed by atoms with E-state index in [0.717, 1.165) is 6.92 Å². The minimum atomic E-state index is -1.55. The molecule has 1 aromatic rings. The van der Waals surface area contributed by atoms with Gasteiger partial charge in [0.25, 0.3) is 0 Å². The lowest BCUT2D eigenvalue weighted by Gasteiger charge is -2.11. The number of ketones is 2. The Labute approximate surface area is 123 Å². The lowest BCUT2D eigenvalue weighted by atomic mass is 9.97. The van der Waals surface area contributed by atoms with Crippen molar-refractivity contribution in [3.63, 3.8) is 0 Å². The first kappa shape index (κ1) is 16.0.